The van der Waals surface area contributed by atoms with Crippen LogP contribution >= 0.6 is 0 Å². The zero-order valence-electron chi connectivity index (χ0n) is 18.8. The second-order valence-corrected chi connectivity index (χ2v) is 8.13. The van der Waals surface area contributed by atoms with Gasteiger partial charge in [-0.1, -0.05) is 0 Å². The minimum Gasteiger partial charge on any atom is -0.493 e. The number of rotatable bonds is 6. The smallest absolute Gasteiger partial charge is 0.228 e. The number of anilines is 1. The molecule has 8 heteroatoms. The SMILES string of the molecule is CCOc1cc2c(cc1OC)C(c1cnc(N(C)C)nc1OC)=N[C@@H]1CC[C@@H](O)CC21. The highest BCUT2D eigenvalue weighted by atomic mass is 16.5. The number of fused-ring (bicyclic) bond motifs is 3. The van der Waals surface area contributed by atoms with E-state index in [-0.39, 0.29) is 18.1 Å². The monoisotopic (exact) mass is 426 g/mol. The van der Waals surface area contributed by atoms with Gasteiger partial charge in [-0.2, -0.15) is 4.98 Å². The fraction of sp³-hybridized carbons (Fsp3) is 0.522. The Morgan fingerprint density at radius 1 is 1.10 bits per heavy atom. The molecule has 1 N–H and O–H groups in total. The first-order valence-electron chi connectivity index (χ1n) is 10.7. The quantitative estimate of drug-likeness (QED) is 0.760. The maximum Gasteiger partial charge on any atom is 0.228 e. The maximum atomic E-state index is 10.3. The Hall–Kier alpha value is -2.87. The summed E-state index contributed by atoms with van der Waals surface area (Å²) in [5.41, 5.74) is 3.58. The maximum absolute atomic E-state index is 10.3. The topological polar surface area (TPSA) is 89.3 Å². The number of hydrogen-bond donors (Lipinski definition) is 1. The van der Waals surface area contributed by atoms with Gasteiger partial charge >= 0.3 is 0 Å². The minimum absolute atomic E-state index is 0.0759. The number of aliphatic hydroxyl groups excluding tert-OH is 1. The van der Waals surface area contributed by atoms with Crippen molar-refractivity contribution in [2.24, 2.45) is 4.99 Å². The molecule has 1 aromatic carbocycles. The second kappa shape index (κ2) is 8.70. The molecule has 1 saturated carbocycles. The van der Waals surface area contributed by atoms with Gasteiger partial charge in [-0.05, 0) is 43.9 Å². The zero-order valence-corrected chi connectivity index (χ0v) is 18.8. The van der Waals surface area contributed by atoms with Gasteiger partial charge in [-0.3, -0.25) is 4.99 Å². The molecule has 2 aromatic rings. The molecule has 0 amide bonds. The first-order chi connectivity index (χ1) is 15.0. The van der Waals surface area contributed by atoms with Gasteiger partial charge in [-0.15, -0.1) is 0 Å². The number of hydrogen-bond acceptors (Lipinski definition) is 8. The van der Waals surface area contributed by atoms with Crippen LogP contribution in [-0.4, -0.2) is 67.9 Å². The Morgan fingerprint density at radius 2 is 1.90 bits per heavy atom. The summed E-state index contributed by atoms with van der Waals surface area (Å²) < 4.78 is 17.1. The Morgan fingerprint density at radius 3 is 2.58 bits per heavy atom. The lowest BCUT2D eigenvalue weighted by molar-refractivity contribution is 0.111. The van der Waals surface area contributed by atoms with Crippen molar-refractivity contribution in [3.05, 3.63) is 35.0 Å². The third-order valence-electron chi connectivity index (χ3n) is 5.96. The molecule has 31 heavy (non-hydrogen) atoms. The average Bonchev–Trinajstić information content (AvgIpc) is 2.78. The lowest BCUT2D eigenvalue weighted by atomic mass is 9.74. The van der Waals surface area contributed by atoms with Gasteiger partial charge in [0.25, 0.3) is 0 Å². The Bertz CT molecular complexity index is 992. The lowest BCUT2D eigenvalue weighted by Crippen LogP contribution is -2.34. The minimum atomic E-state index is -0.319. The van der Waals surface area contributed by atoms with E-state index in [4.69, 9.17) is 19.2 Å². The summed E-state index contributed by atoms with van der Waals surface area (Å²) in [7, 11) is 7.01. The van der Waals surface area contributed by atoms with E-state index in [2.05, 4.69) is 9.97 Å². The van der Waals surface area contributed by atoms with E-state index >= 15 is 0 Å². The van der Waals surface area contributed by atoms with Crippen LogP contribution in [0.1, 0.15) is 48.8 Å². The van der Waals surface area contributed by atoms with Gasteiger partial charge in [0.2, 0.25) is 11.8 Å². The van der Waals surface area contributed by atoms with Gasteiger partial charge in [0.15, 0.2) is 11.5 Å². The van der Waals surface area contributed by atoms with Crippen molar-refractivity contribution < 1.29 is 19.3 Å². The van der Waals surface area contributed by atoms with E-state index < -0.39 is 0 Å². The van der Waals surface area contributed by atoms with Crippen molar-refractivity contribution in [2.45, 2.75) is 44.2 Å². The summed E-state index contributed by atoms with van der Waals surface area (Å²) in [5, 5.41) is 10.3. The number of nitrogens with zero attached hydrogens (tertiary/aromatic N) is 4. The fourth-order valence-corrected chi connectivity index (χ4v) is 4.48. The first-order valence-corrected chi connectivity index (χ1v) is 10.7. The molecule has 1 unspecified atom stereocenters. The van der Waals surface area contributed by atoms with Crippen molar-refractivity contribution in [3.8, 4) is 17.4 Å². The van der Waals surface area contributed by atoms with Crippen molar-refractivity contribution in [1.82, 2.24) is 9.97 Å². The van der Waals surface area contributed by atoms with Crippen LogP contribution in [-0.2, 0) is 0 Å². The van der Waals surface area contributed by atoms with Crippen LogP contribution in [0.3, 0.4) is 0 Å². The molecule has 3 atom stereocenters. The Balaban J connectivity index is 1.90. The van der Waals surface area contributed by atoms with Gasteiger partial charge in [0.1, 0.15) is 0 Å². The van der Waals surface area contributed by atoms with Crippen molar-refractivity contribution in [2.75, 3.05) is 39.8 Å². The second-order valence-electron chi connectivity index (χ2n) is 8.13. The predicted molar refractivity (Wildman–Crippen MR) is 119 cm³/mol. The molecular formula is C23H30N4O4. The third kappa shape index (κ3) is 3.92. The molecule has 0 radical (unpaired) electrons. The molecule has 1 aliphatic carbocycles. The number of ether oxygens (including phenoxy) is 3. The summed E-state index contributed by atoms with van der Waals surface area (Å²) in [6, 6.07) is 4.09. The highest BCUT2D eigenvalue weighted by molar-refractivity contribution is 6.16. The summed E-state index contributed by atoms with van der Waals surface area (Å²) in [6.07, 6.45) is 3.70. The van der Waals surface area contributed by atoms with Crippen LogP contribution in [0.5, 0.6) is 17.4 Å². The zero-order chi connectivity index (χ0) is 22.1. The third-order valence-corrected chi connectivity index (χ3v) is 5.96. The average molecular weight is 427 g/mol. The molecule has 0 spiro atoms. The van der Waals surface area contributed by atoms with Crippen molar-refractivity contribution in [3.63, 3.8) is 0 Å². The van der Waals surface area contributed by atoms with Gasteiger partial charge in [0.05, 0.1) is 44.2 Å². The largest absolute Gasteiger partial charge is 0.493 e. The van der Waals surface area contributed by atoms with Crippen LogP contribution in [0.25, 0.3) is 0 Å². The number of benzene rings is 1. The fourth-order valence-electron chi connectivity index (χ4n) is 4.48. The highest BCUT2D eigenvalue weighted by Gasteiger charge is 2.38. The van der Waals surface area contributed by atoms with E-state index in [0.717, 1.165) is 35.2 Å². The Kier molecular flexibility index (Phi) is 6.00. The normalized spacial score (nSPS) is 22.1. The van der Waals surface area contributed by atoms with Crippen LogP contribution in [0.2, 0.25) is 0 Å². The molecule has 2 aliphatic rings. The molecule has 1 aliphatic heterocycles. The van der Waals surface area contributed by atoms with E-state index in [0.29, 0.717) is 36.4 Å². The van der Waals surface area contributed by atoms with Crippen LogP contribution in [0.4, 0.5) is 5.95 Å². The van der Waals surface area contributed by atoms with Gasteiger partial charge in [0, 0.05) is 31.8 Å². The highest BCUT2D eigenvalue weighted by Crippen LogP contribution is 2.45. The number of methoxy groups -OCH3 is 2. The standard InChI is InChI=1S/C23H30N4O4/c1-6-31-20-10-14-15-9-13(28)7-8-18(15)25-21(16(14)11-19(20)29-4)17-12-24-23(27(2)3)26-22(17)30-5/h10-13,15,18,28H,6-9H2,1-5H3/t13-,15?,18-/m1/s1. The molecule has 4 rings (SSSR count). The predicted octanol–water partition coefficient (Wildman–Crippen LogP) is 2.81. The summed E-state index contributed by atoms with van der Waals surface area (Å²) in [4.78, 5) is 16.0. The molecule has 8 nitrogen and oxygen atoms in total. The summed E-state index contributed by atoms with van der Waals surface area (Å²) in [6.45, 7) is 2.49. The molecule has 1 fully saturated rings. The van der Waals surface area contributed by atoms with Crippen LogP contribution < -0.4 is 19.1 Å². The lowest BCUT2D eigenvalue weighted by Gasteiger charge is -2.37. The summed E-state index contributed by atoms with van der Waals surface area (Å²) >= 11 is 0. The van der Waals surface area contributed by atoms with Crippen molar-refractivity contribution >= 4 is 11.7 Å². The molecular weight excluding hydrogens is 396 g/mol. The van der Waals surface area contributed by atoms with Crippen LogP contribution in [0.15, 0.2) is 23.3 Å². The van der Waals surface area contributed by atoms with E-state index in [1.165, 1.54) is 0 Å². The summed E-state index contributed by atoms with van der Waals surface area (Å²) in [5.74, 6) is 2.52. The number of aliphatic hydroxyl groups is 1. The number of aliphatic imine (C=N–C) groups is 1. The molecule has 2 heterocycles. The Labute approximate surface area is 182 Å². The van der Waals surface area contributed by atoms with E-state index in [1.807, 2.05) is 38.1 Å². The van der Waals surface area contributed by atoms with Crippen molar-refractivity contribution in [1.29, 1.82) is 0 Å². The van der Waals surface area contributed by atoms with Crippen LogP contribution in [0, 0.1) is 0 Å². The molecule has 0 saturated heterocycles. The van der Waals surface area contributed by atoms with E-state index in [1.54, 1.807) is 20.4 Å². The van der Waals surface area contributed by atoms with E-state index in [9.17, 15) is 5.11 Å². The molecule has 0 bridgehead atoms. The van der Waals surface area contributed by atoms with Gasteiger partial charge < -0.3 is 24.2 Å². The van der Waals surface area contributed by atoms with Gasteiger partial charge in [-0.25, -0.2) is 4.98 Å². The number of aromatic nitrogens is 2. The first kappa shape index (κ1) is 21.4. The molecule has 166 valence electrons. The molecule has 1 aromatic heterocycles.